The number of nitrogen functional groups attached to an aromatic ring is 1. The Morgan fingerprint density at radius 1 is 1.68 bits per heavy atom. The van der Waals surface area contributed by atoms with E-state index in [2.05, 4.69) is 4.98 Å². The molecule has 8 heteroatoms. The van der Waals surface area contributed by atoms with Gasteiger partial charge in [0, 0.05) is 30.2 Å². The number of carbonyl (C=O) groups is 1. The molecular formula is C11H14N4O3S. The minimum absolute atomic E-state index is 0.0291. The number of thioether (sulfide) groups is 1. The van der Waals surface area contributed by atoms with Crippen LogP contribution in [0.5, 0.6) is 0 Å². The molecule has 0 saturated carbocycles. The maximum atomic E-state index is 12.3. The zero-order valence-electron chi connectivity index (χ0n) is 10.4. The highest BCUT2D eigenvalue weighted by atomic mass is 32.2. The SMILES string of the molecule is CC1CN(C(=O)c2cc([N+](=O)[O-])cnc2N)CCS1. The van der Waals surface area contributed by atoms with Gasteiger partial charge in [-0.1, -0.05) is 6.92 Å². The van der Waals surface area contributed by atoms with Crippen molar-refractivity contribution in [1.29, 1.82) is 0 Å². The Kier molecular flexibility index (Phi) is 3.89. The molecule has 1 unspecified atom stereocenters. The molecule has 0 bridgehead atoms. The molecule has 0 aliphatic carbocycles. The van der Waals surface area contributed by atoms with Crippen LogP contribution in [-0.2, 0) is 0 Å². The monoisotopic (exact) mass is 282 g/mol. The first kappa shape index (κ1) is 13.6. The number of rotatable bonds is 2. The second-order valence-electron chi connectivity index (χ2n) is 4.32. The van der Waals surface area contributed by atoms with Crippen molar-refractivity contribution in [1.82, 2.24) is 9.88 Å². The van der Waals surface area contributed by atoms with Gasteiger partial charge in [0.2, 0.25) is 0 Å². The van der Waals surface area contributed by atoms with Gasteiger partial charge in [0.25, 0.3) is 11.6 Å². The lowest BCUT2D eigenvalue weighted by atomic mass is 10.2. The van der Waals surface area contributed by atoms with E-state index in [1.54, 1.807) is 16.7 Å². The number of pyridine rings is 1. The average molecular weight is 282 g/mol. The summed E-state index contributed by atoms with van der Waals surface area (Å²) in [6.45, 7) is 3.28. The molecule has 2 heterocycles. The zero-order chi connectivity index (χ0) is 14.0. The molecule has 1 aromatic rings. The lowest BCUT2D eigenvalue weighted by molar-refractivity contribution is -0.385. The first-order valence-electron chi connectivity index (χ1n) is 5.80. The number of aromatic nitrogens is 1. The number of hydrogen-bond acceptors (Lipinski definition) is 6. The molecule has 1 saturated heterocycles. The summed E-state index contributed by atoms with van der Waals surface area (Å²) in [5, 5.41) is 11.1. The van der Waals surface area contributed by atoms with Gasteiger partial charge in [-0.3, -0.25) is 14.9 Å². The number of anilines is 1. The van der Waals surface area contributed by atoms with Crippen molar-refractivity contribution in [2.45, 2.75) is 12.2 Å². The Morgan fingerprint density at radius 3 is 3.05 bits per heavy atom. The average Bonchev–Trinajstić information content (AvgIpc) is 2.38. The fourth-order valence-corrected chi connectivity index (χ4v) is 2.92. The van der Waals surface area contributed by atoms with Gasteiger partial charge in [-0.25, -0.2) is 4.98 Å². The predicted octanol–water partition coefficient (Wildman–Crippen LogP) is 1.15. The Hall–Kier alpha value is -1.83. The van der Waals surface area contributed by atoms with Crippen LogP contribution in [0, 0.1) is 10.1 Å². The quantitative estimate of drug-likeness (QED) is 0.644. The third-order valence-corrected chi connectivity index (χ3v) is 4.01. The third-order valence-electron chi connectivity index (χ3n) is 2.87. The number of nitrogens with two attached hydrogens (primary N) is 1. The van der Waals surface area contributed by atoms with Gasteiger partial charge in [0.05, 0.1) is 10.5 Å². The smallest absolute Gasteiger partial charge is 0.288 e. The first-order valence-corrected chi connectivity index (χ1v) is 6.84. The van der Waals surface area contributed by atoms with E-state index in [1.165, 1.54) is 6.07 Å². The molecule has 0 aromatic carbocycles. The van der Waals surface area contributed by atoms with E-state index in [0.29, 0.717) is 18.3 Å². The lowest BCUT2D eigenvalue weighted by Gasteiger charge is -2.30. The molecule has 1 aliphatic rings. The minimum atomic E-state index is -0.585. The van der Waals surface area contributed by atoms with Crippen LogP contribution in [-0.4, -0.2) is 44.8 Å². The highest BCUT2D eigenvalue weighted by Gasteiger charge is 2.25. The zero-order valence-corrected chi connectivity index (χ0v) is 11.2. The lowest BCUT2D eigenvalue weighted by Crippen LogP contribution is -2.41. The van der Waals surface area contributed by atoms with Crippen molar-refractivity contribution in [2.24, 2.45) is 0 Å². The summed E-state index contributed by atoms with van der Waals surface area (Å²) in [5.41, 5.74) is 5.53. The summed E-state index contributed by atoms with van der Waals surface area (Å²) in [6.07, 6.45) is 1.06. The van der Waals surface area contributed by atoms with Crippen molar-refractivity contribution in [3.63, 3.8) is 0 Å². The van der Waals surface area contributed by atoms with Crippen LogP contribution in [0.4, 0.5) is 11.5 Å². The largest absolute Gasteiger partial charge is 0.383 e. The van der Waals surface area contributed by atoms with Gasteiger partial charge < -0.3 is 10.6 Å². The topological polar surface area (TPSA) is 102 Å². The summed E-state index contributed by atoms with van der Waals surface area (Å²) in [7, 11) is 0. The fourth-order valence-electron chi connectivity index (χ4n) is 1.91. The van der Waals surface area contributed by atoms with Crippen molar-refractivity contribution >= 4 is 29.2 Å². The van der Waals surface area contributed by atoms with Crippen LogP contribution in [0.25, 0.3) is 0 Å². The summed E-state index contributed by atoms with van der Waals surface area (Å²) >= 11 is 1.80. The summed E-state index contributed by atoms with van der Waals surface area (Å²) < 4.78 is 0. The van der Waals surface area contributed by atoms with Crippen molar-refractivity contribution < 1.29 is 9.72 Å². The highest BCUT2D eigenvalue weighted by Crippen LogP contribution is 2.23. The van der Waals surface area contributed by atoms with E-state index < -0.39 is 4.92 Å². The molecule has 1 aliphatic heterocycles. The Balaban J connectivity index is 2.27. The molecular weight excluding hydrogens is 268 g/mol. The Labute approximate surface area is 114 Å². The van der Waals surface area contributed by atoms with Crippen LogP contribution < -0.4 is 5.73 Å². The van der Waals surface area contributed by atoms with Gasteiger partial charge in [-0.05, 0) is 0 Å². The molecule has 1 aromatic heterocycles. The van der Waals surface area contributed by atoms with Crippen molar-refractivity contribution in [3.8, 4) is 0 Å². The second kappa shape index (κ2) is 5.43. The van der Waals surface area contributed by atoms with Crippen molar-refractivity contribution in [2.75, 3.05) is 24.6 Å². The molecule has 1 amide bonds. The number of hydrogen-bond donors (Lipinski definition) is 1. The maximum Gasteiger partial charge on any atom is 0.288 e. The molecule has 102 valence electrons. The molecule has 7 nitrogen and oxygen atoms in total. The minimum Gasteiger partial charge on any atom is -0.383 e. The van der Waals surface area contributed by atoms with E-state index in [-0.39, 0.29) is 23.0 Å². The Morgan fingerprint density at radius 2 is 2.42 bits per heavy atom. The molecule has 2 N–H and O–H groups in total. The van der Waals surface area contributed by atoms with Crippen LogP contribution in [0.2, 0.25) is 0 Å². The van der Waals surface area contributed by atoms with Gasteiger partial charge >= 0.3 is 0 Å². The van der Waals surface area contributed by atoms with E-state index in [0.717, 1.165) is 11.9 Å². The molecule has 0 spiro atoms. The predicted molar refractivity (Wildman–Crippen MR) is 73.1 cm³/mol. The first-order chi connectivity index (χ1) is 8.99. The number of nitro groups is 1. The number of carbonyl (C=O) groups excluding carboxylic acids is 1. The second-order valence-corrected chi connectivity index (χ2v) is 5.86. The van der Waals surface area contributed by atoms with E-state index >= 15 is 0 Å². The molecule has 19 heavy (non-hydrogen) atoms. The molecule has 0 radical (unpaired) electrons. The maximum absolute atomic E-state index is 12.3. The summed E-state index contributed by atoms with van der Waals surface area (Å²) in [5.74, 6) is 0.595. The number of nitrogens with zero attached hydrogens (tertiary/aromatic N) is 3. The molecule has 1 atom stereocenters. The van der Waals surface area contributed by atoms with E-state index in [1.807, 2.05) is 6.92 Å². The van der Waals surface area contributed by atoms with Gasteiger partial charge in [-0.15, -0.1) is 0 Å². The van der Waals surface area contributed by atoms with Crippen LogP contribution in [0.1, 0.15) is 17.3 Å². The van der Waals surface area contributed by atoms with Crippen LogP contribution in [0.3, 0.4) is 0 Å². The molecule has 1 fully saturated rings. The summed E-state index contributed by atoms with van der Waals surface area (Å²) in [6, 6.07) is 1.19. The van der Waals surface area contributed by atoms with Gasteiger partial charge in [0.15, 0.2) is 0 Å². The van der Waals surface area contributed by atoms with Crippen LogP contribution >= 0.6 is 11.8 Å². The standard InChI is InChI=1S/C11H14N4O3S/c1-7-6-14(2-3-19-7)11(16)9-4-8(15(17)18)5-13-10(9)12/h4-5,7H,2-3,6H2,1H3,(H2,12,13). The summed E-state index contributed by atoms with van der Waals surface area (Å²) in [4.78, 5) is 27.8. The fraction of sp³-hybridized carbons (Fsp3) is 0.455. The highest BCUT2D eigenvalue weighted by molar-refractivity contribution is 7.99. The Bertz CT molecular complexity index is 523. The van der Waals surface area contributed by atoms with Gasteiger partial charge in [0.1, 0.15) is 12.0 Å². The van der Waals surface area contributed by atoms with E-state index in [9.17, 15) is 14.9 Å². The van der Waals surface area contributed by atoms with Crippen molar-refractivity contribution in [3.05, 3.63) is 27.9 Å². The normalized spacial score (nSPS) is 19.2. The third kappa shape index (κ3) is 2.95. The van der Waals surface area contributed by atoms with Gasteiger partial charge in [-0.2, -0.15) is 11.8 Å². The molecule has 2 rings (SSSR count). The van der Waals surface area contributed by atoms with E-state index in [4.69, 9.17) is 5.73 Å². The van der Waals surface area contributed by atoms with Crippen LogP contribution in [0.15, 0.2) is 12.3 Å². The number of amides is 1.